The smallest absolute Gasteiger partial charge is 0.340 e. The van der Waals surface area contributed by atoms with Crippen molar-refractivity contribution in [3.8, 4) is 0 Å². The largest absolute Gasteiger partial charge is 0.352 e. The molecule has 146 valence electrons. The van der Waals surface area contributed by atoms with Gasteiger partial charge in [-0.1, -0.05) is 35.9 Å². The number of nitrogens with one attached hydrogen (secondary N) is 2. The molecule has 2 heterocycles. The van der Waals surface area contributed by atoms with Crippen LogP contribution in [-0.2, 0) is 11.3 Å². The molecule has 0 saturated heterocycles. The summed E-state index contributed by atoms with van der Waals surface area (Å²) in [5.74, 6) is 0.353. The maximum Gasteiger partial charge on any atom is 0.352 e. The molecule has 4 rings (SSSR count). The molecule has 0 saturated carbocycles. The number of aryl methyl sites for hydroxylation is 1. The molecule has 29 heavy (non-hydrogen) atoms. The number of hydrogen-bond donors (Lipinski definition) is 2. The van der Waals surface area contributed by atoms with Crippen molar-refractivity contribution in [2.45, 2.75) is 13.5 Å². The average molecular weight is 409 g/mol. The van der Waals surface area contributed by atoms with Crippen LogP contribution in [0.4, 0.5) is 17.2 Å². The minimum absolute atomic E-state index is 0.197. The summed E-state index contributed by atoms with van der Waals surface area (Å²) in [6, 6.07) is 16.4. The van der Waals surface area contributed by atoms with Gasteiger partial charge in [0.15, 0.2) is 0 Å². The number of anilines is 3. The van der Waals surface area contributed by atoms with Crippen LogP contribution in [0.15, 0.2) is 65.6 Å². The molecule has 0 atom stereocenters. The lowest BCUT2D eigenvalue weighted by atomic mass is 10.2. The predicted molar refractivity (Wildman–Crippen MR) is 112 cm³/mol. The highest BCUT2D eigenvalue weighted by atomic mass is 35.5. The monoisotopic (exact) mass is 408 g/mol. The van der Waals surface area contributed by atoms with Gasteiger partial charge >= 0.3 is 5.69 Å². The number of para-hydroxylation sites is 1. The summed E-state index contributed by atoms with van der Waals surface area (Å²) in [4.78, 5) is 29.2. The molecule has 8 nitrogen and oxygen atoms in total. The van der Waals surface area contributed by atoms with Gasteiger partial charge in [-0.2, -0.15) is 4.98 Å². The Labute approximate surface area is 170 Å². The van der Waals surface area contributed by atoms with E-state index in [1.807, 2.05) is 37.3 Å². The Bertz CT molecular complexity index is 1250. The highest BCUT2D eigenvalue weighted by Crippen LogP contribution is 2.20. The zero-order chi connectivity index (χ0) is 20.4. The first-order valence-electron chi connectivity index (χ1n) is 8.84. The van der Waals surface area contributed by atoms with Gasteiger partial charge in [0.2, 0.25) is 5.91 Å². The van der Waals surface area contributed by atoms with Gasteiger partial charge in [0.05, 0.1) is 0 Å². The second-order valence-corrected chi connectivity index (χ2v) is 6.86. The van der Waals surface area contributed by atoms with Gasteiger partial charge in [-0.05, 0) is 42.8 Å². The molecule has 2 N–H and O–H groups in total. The van der Waals surface area contributed by atoms with Gasteiger partial charge in [-0.3, -0.25) is 4.79 Å². The molecule has 0 aliphatic rings. The van der Waals surface area contributed by atoms with E-state index < -0.39 is 5.69 Å². The van der Waals surface area contributed by atoms with Crippen LogP contribution in [0.5, 0.6) is 0 Å². The summed E-state index contributed by atoms with van der Waals surface area (Å²) in [6.07, 6.45) is 1.57. The molecule has 1 amide bonds. The van der Waals surface area contributed by atoms with Gasteiger partial charge in [-0.15, -0.1) is 5.10 Å². The number of aromatic nitrogens is 4. The molecule has 0 unspecified atom stereocenters. The molecule has 0 aliphatic carbocycles. The molecule has 0 radical (unpaired) electrons. The number of rotatable bonds is 5. The lowest BCUT2D eigenvalue weighted by Crippen LogP contribution is -2.28. The van der Waals surface area contributed by atoms with Crippen molar-refractivity contribution in [3.05, 3.63) is 81.9 Å². The molecule has 2 aromatic carbocycles. The van der Waals surface area contributed by atoms with Crippen LogP contribution in [0, 0.1) is 6.92 Å². The molecule has 9 heteroatoms. The highest BCUT2D eigenvalue weighted by Gasteiger charge is 2.13. The van der Waals surface area contributed by atoms with Crippen molar-refractivity contribution in [2.75, 3.05) is 10.6 Å². The van der Waals surface area contributed by atoms with Gasteiger partial charge in [0, 0.05) is 22.6 Å². The van der Waals surface area contributed by atoms with Gasteiger partial charge in [0.1, 0.15) is 12.4 Å². The van der Waals surface area contributed by atoms with E-state index in [0.29, 0.717) is 16.5 Å². The van der Waals surface area contributed by atoms with Crippen molar-refractivity contribution >= 4 is 40.5 Å². The summed E-state index contributed by atoms with van der Waals surface area (Å²) in [5.41, 5.74) is 1.87. The van der Waals surface area contributed by atoms with Crippen molar-refractivity contribution in [2.24, 2.45) is 0 Å². The number of amides is 1. The Hall–Kier alpha value is -3.65. The third kappa shape index (κ3) is 4.12. The van der Waals surface area contributed by atoms with Crippen molar-refractivity contribution in [1.82, 2.24) is 19.2 Å². The number of nitrogens with zero attached hydrogens (tertiary/aromatic N) is 4. The summed E-state index contributed by atoms with van der Waals surface area (Å²) in [6.45, 7) is 1.61. The number of fused-ring (bicyclic) bond motifs is 1. The van der Waals surface area contributed by atoms with Crippen LogP contribution in [-0.4, -0.2) is 25.1 Å². The summed E-state index contributed by atoms with van der Waals surface area (Å²) < 4.78 is 2.36. The zero-order valence-electron chi connectivity index (χ0n) is 15.5. The maximum atomic E-state index is 12.5. The molecule has 0 fully saturated rings. The second kappa shape index (κ2) is 7.76. The predicted octanol–water partition coefficient (Wildman–Crippen LogP) is 3.24. The number of halogens is 1. The van der Waals surface area contributed by atoms with E-state index in [-0.39, 0.29) is 18.2 Å². The molecule has 0 spiro atoms. The fourth-order valence-electron chi connectivity index (χ4n) is 2.80. The van der Waals surface area contributed by atoms with E-state index in [4.69, 9.17) is 11.6 Å². The Balaban J connectivity index is 1.54. The fraction of sp³-hybridized carbons (Fsp3) is 0.100. The molecular weight excluding hydrogens is 392 g/mol. The zero-order valence-corrected chi connectivity index (χ0v) is 16.2. The molecule has 4 aromatic rings. The fourth-order valence-corrected chi connectivity index (χ4v) is 2.97. The number of carbonyl (C=O) groups is 1. The van der Waals surface area contributed by atoms with Gasteiger partial charge in [0.25, 0.3) is 5.78 Å². The average Bonchev–Trinajstić information content (AvgIpc) is 3.00. The van der Waals surface area contributed by atoms with Crippen LogP contribution in [0.2, 0.25) is 5.02 Å². The summed E-state index contributed by atoms with van der Waals surface area (Å²) in [7, 11) is 0. The summed E-state index contributed by atoms with van der Waals surface area (Å²) >= 11 is 5.98. The van der Waals surface area contributed by atoms with Crippen molar-refractivity contribution in [3.63, 3.8) is 0 Å². The molecule has 0 aliphatic heterocycles. The maximum absolute atomic E-state index is 12.5. The van der Waals surface area contributed by atoms with E-state index >= 15 is 0 Å². The van der Waals surface area contributed by atoms with E-state index in [1.165, 1.54) is 4.40 Å². The van der Waals surface area contributed by atoms with Crippen molar-refractivity contribution in [1.29, 1.82) is 0 Å². The first-order chi connectivity index (χ1) is 14.0. The number of benzene rings is 2. The van der Waals surface area contributed by atoms with E-state index in [9.17, 15) is 9.59 Å². The van der Waals surface area contributed by atoms with E-state index in [1.54, 1.807) is 30.5 Å². The Morgan fingerprint density at radius 3 is 2.72 bits per heavy atom. The molecular formula is C20H17ClN6O2. The highest BCUT2D eigenvalue weighted by molar-refractivity contribution is 6.31. The van der Waals surface area contributed by atoms with Gasteiger partial charge in [-0.25, -0.2) is 13.9 Å². The Kier molecular flexibility index (Phi) is 5.01. The molecule has 0 bridgehead atoms. The number of hydrogen-bond acceptors (Lipinski definition) is 5. The standard InChI is InChI=1S/C20H17ClN6O2/c1-13-7-8-14(21)11-16(13)23-18(28)12-27-20(29)26-10-9-17(24-19(26)25-27)22-15-5-3-2-4-6-15/h2-11H,12H2,1H3,(H,23,28)(H,22,24,25). The van der Waals surface area contributed by atoms with Crippen LogP contribution < -0.4 is 16.3 Å². The number of carbonyl (C=O) groups excluding carboxylic acids is 1. The van der Waals surface area contributed by atoms with Crippen LogP contribution in [0.1, 0.15) is 5.56 Å². The van der Waals surface area contributed by atoms with E-state index in [2.05, 4.69) is 20.7 Å². The Morgan fingerprint density at radius 2 is 1.93 bits per heavy atom. The first-order valence-corrected chi connectivity index (χ1v) is 9.22. The van der Waals surface area contributed by atoms with Crippen LogP contribution in [0.25, 0.3) is 5.78 Å². The third-order valence-corrected chi connectivity index (χ3v) is 4.50. The minimum Gasteiger partial charge on any atom is -0.340 e. The van der Waals surface area contributed by atoms with Crippen LogP contribution >= 0.6 is 11.6 Å². The molecule has 2 aromatic heterocycles. The quantitative estimate of drug-likeness (QED) is 0.528. The van der Waals surface area contributed by atoms with Gasteiger partial charge < -0.3 is 10.6 Å². The van der Waals surface area contributed by atoms with Crippen LogP contribution in [0.3, 0.4) is 0 Å². The lowest BCUT2D eigenvalue weighted by Gasteiger charge is -2.08. The third-order valence-electron chi connectivity index (χ3n) is 4.27. The topological polar surface area (TPSA) is 93.3 Å². The first kappa shape index (κ1) is 18.7. The normalized spacial score (nSPS) is 10.8. The lowest BCUT2D eigenvalue weighted by molar-refractivity contribution is -0.117. The summed E-state index contributed by atoms with van der Waals surface area (Å²) in [5, 5.41) is 10.6. The van der Waals surface area contributed by atoms with E-state index in [0.717, 1.165) is 15.9 Å². The second-order valence-electron chi connectivity index (χ2n) is 6.42. The van der Waals surface area contributed by atoms with Crippen molar-refractivity contribution < 1.29 is 4.79 Å². The Morgan fingerprint density at radius 1 is 1.14 bits per heavy atom. The minimum atomic E-state index is -0.447. The SMILES string of the molecule is Cc1ccc(Cl)cc1NC(=O)Cn1nc2nc(Nc3ccccc3)ccn2c1=O.